The molecule has 2 aromatic rings. The van der Waals surface area contributed by atoms with Crippen LogP contribution < -0.4 is 5.32 Å². The van der Waals surface area contributed by atoms with Crippen LogP contribution in [0, 0.1) is 0 Å². The first kappa shape index (κ1) is 20.2. The van der Waals surface area contributed by atoms with Gasteiger partial charge in [-0.05, 0) is 44.0 Å². The third-order valence-corrected chi connectivity index (χ3v) is 3.65. The monoisotopic (exact) mass is 369 g/mol. The third-order valence-electron chi connectivity index (χ3n) is 3.65. The van der Waals surface area contributed by atoms with Crippen molar-refractivity contribution in [3.8, 4) is 0 Å². The van der Waals surface area contributed by atoms with Gasteiger partial charge < -0.3 is 15.2 Å². The Labute approximate surface area is 158 Å². The van der Waals surface area contributed by atoms with Gasteiger partial charge in [-0.3, -0.25) is 4.79 Å². The molecule has 0 fully saturated rings. The highest BCUT2D eigenvalue weighted by Crippen LogP contribution is 2.19. The van der Waals surface area contributed by atoms with E-state index in [0.717, 1.165) is 0 Å². The first-order valence-corrected chi connectivity index (χ1v) is 8.55. The largest absolute Gasteiger partial charge is 0.478 e. The molecule has 0 bridgehead atoms. The van der Waals surface area contributed by atoms with E-state index < -0.39 is 23.6 Å². The maximum Gasteiger partial charge on any atom is 0.335 e. The standard InChI is InChI=1S/C21H23NO5/c1-21(2,3)27-20(26)18(15-7-5-4-6-8-15)22-17(23)13-14-9-11-16(12-10-14)19(24)25/h4-12,18H,13H2,1-3H3,(H,22,23)(H,24,25)/t18-/m0/s1. The Kier molecular flexibility index (Phi) is 6.34. The number of carboxylic acids is 1. The molecule has 6 nitrogen and oxygen atoms in total. The maximum absolute atomic E-state index is 12.6. The number of rotatable bonds is 6. The van der Waals surface area contributed by atoms with Gasteiger partial charge in [0.25, 0.3) is 0 Å². The Bertz CT molecular complexity index is 807. The Balaban J connectivity index is 2.13. The number of aromatic carboxylic acids is 1. The number of hydrogen-bond donors (Lipinski definition) is 2. The van der Waals surface area contributed by atoms with Crippen molar-refractivity contribution in [3.05, 3.63) is 71.3 Å². The van der Waals surface area contributed by atoms with Crippen LogP contribution in [0.5, 0.6) is 0 Å². The van der Waals surface area contributed by atoms with Gasteiger partial charge in [-0.1, -0.05) is 42.5 Å². The number of ether oxygens (including phenoxy) is 1. The van der Waals surface area contributed by atoms with E-state index in [1.54, 1.807) is 57.2 Å². The lowest BCUT2D eigenvalue weighted by Crippen LogP contribution is -2.38. The van der Waals surface area contributed by atoms with Crippen molar-refractivity contribution in [2.45, 2.75) is 38.8 Å². The highest BCUT2D eigenvalue weighted by atomic mass is 16.6. The molecule has 0 heterocycles. The zero-order valence-electron chi connectivity index (χ0n) is 15.6. The second-order valence-electron chi connectivity index (χ2n) is 7.12. The van der Waals surface area contributed by atoms with Crippen LogP contribution in [0.25, 0.3) is 0 Å². The van der Waals surface area contributed by atoms with E-state index in [-0.39, 0.29) is 17.9 Å². The molecule has 2 aromatic carbocycles. The molecule has 1 atom stereocenters. The molecule has 0 spiro atoms. The van der Waals surface area contributed by atoms with Crippen LogP contribution >= 0.6 is 0 Å². The second kappa shape index (κ2) is 8.49. The number of carboxylic acid groups (broad SMARTS) is 1. The molecule has 142 valence electrons. The SMILES string of the molecule is CC(C)(C)OC(=O)[C@@H](NC(=O)Cc1ccc(C(=O)O)cc1)c1ccccc1. The molecule has 2 rings (SSSR count). The van der Waals surface area contributed by atoms with Crippen molar-refractivity contribution >= 4 is 17.8 Å². The predicted octanol–water partition coefficient (Wildman–Crippen LogP) is 3.13. The minimum Gasteiger partial charge on any atom is -0.478 e. The Morgan fingerprint density at radius 3 is 2.11 bits per heavy atom. The quantitative estimate of drug-likeness (QED) is 0.763. The normalized spacial score (nSPS) is 12.1. The number of nitrogens with one attached hydrogen (secondary N) is 1. The molecule has 0 aliphatic rings. The number of carbonyl (C=O) groups excluding carboxylic acids is 2. The molecule has 0 radical (unpaired) electrons. The molecule has 6 heteroatoms. The first-order valence-electron chi connectivity index (χ1n) is 8.55. The number of amides is 1. The highest BCUT2D eigenvalue weighted by Gasteiger charge is 2.28. The minimum absolute atomic E-state index is 0.0199. The second-order valence-corrected chi connectivity index (χ2v) is 7.12. The summed E-state index contributed by atoms with van der Waals surface area (Å²) in [5.74, 6) is -1.93. The molecular formula is C21H23NO5. The summed E-state index contributed by atoms with van der Waals surface area (Å²) in [5, 5.41) is 11.6. The lowest BCUT2D eigenvalue weighted by atomic mass is 10.0. The zero-order chi connectivity index (χ0) is 20.0. The van der Waals surface area contributed by atoms with E-state index >= 15 is 0 Å². The Hall–Kier alpha value is -3.15. The first-order chi connectivity index (χ1) is 12.7. The van der Waals surface area contributed by atoms with Gasteiger partial charge >= 0.3 is 11.9 Å². The lowest BCUT2D eigenvalue weighted by Gasteiger charge is -2.25. The Morgan fingerprint density at radius 2 is 1.59 bits per heavy atom. The number of carbonyl (C=O) groups is 3. The van der Waals surface area contributed by atoms with E-state index in [4.69, 9.17) is 9.84 Å². The van der Waals surface area contributed by atoms with E-state index in [2.05, 4.69) is 5.32 Å². The minimum atomic E-state index is -1.03. The van der Waals surface area contributed by atoms with Crippen molar-refractivity contribution in [1.29, 1.82) is 0 Å². The number of esters is 1. The van der Waals surface area contributed by atoms with Gasteiger partial charge in [0, 0.05) is 0 Å². The molecular weight excluding hydrogens is 346 g/mol. The molecule has 0 aliphatic heterocycles. The average molecular weight is 369 g/mol. The molecule has 0 aromatic heterocycles. The molecule has 0 unspecified atom stereocenters. The lowest BCUT2D eigenvalue weighted by molar-refractivity contribution is -0.158. The van der Waals surface area contributed by atoms with E-state index in [1.807, 2.05) is 6.07 Å². The van der Waals surface area contributed by atoms with Crippen molar-refractivity contribution in [2.24, 2.45) is 0 Å². The zero-order valence-corrected chi connectivity index (χ0v) is 15.6. The Morgan fingerprint density at radius 1 is 1.00 bits per heavy atom. The van der Waals surface area contributed by atoms with Crippen molar-refractivity contribution in [2.75, 3.05) is 0 Å². The van der Waals surface area contributed by atoms with Crippen LogP contribution in [0.1, 0.15) is 48.3 Å². The van der Waals surface area contributed by atoms with Gasteiger partial charge in [-0.25, -0.2) is 9.59 Å². The van der Waals surface area contributed by atoms with Crippen molar-refractivity contribution in [3.63, 3.8) is 0 Å². The summed E-state index contributed by atoms with van der Waals surface area (Å²) < 4.78 is 5.43. The van der Waals surface area contributed by atoms with Crippen LogP contribution in [0.15, 0.2) is 54.6 Å². The summed E-state index contributed by atoms with van der Waals surface area (Å²) in [7, 11) is 0. The van der Waals surface area contributed by atoms with Crippen LogP contribution in [-0.4, -0.2) is 28.6 Å². The van der Waals surface area contributed by atoms with Gasteiger partial charge in [-0.15, -0.1) is 0 Å². The van der Waals surface area contributed by atoms with Crippen LogP contribution in [0.3, 0.4) is 0 Å². The van der Waals surface area contributed by atoms with Crippen molar-refractivity contribution in [1.82, 2.24) is 5.32 Å². The molecule has 0 aliphatic carbocycles. The highest BCUT2D eigenvalue weighted by molar-refractivity contribution is 5.88. The smallest absolute Gasteiger partial charge is 0.335 e. The van der Waals surface area contributed by atoms with E-state index in [1.165, 1.54) is 12.1 Å². The summed E-state index contributed by atoms with van der Waals surface area (Å²) in [4.78, 5) is 35.9. The summed E-state index contributed by atoms with van der Waals surface area (Å²) in [6, 6.07) is 14.0. The topological polar surface area (TPSA) is 92.7 Å². The summed E-state index contributed by atoms with van der Waals surface area (Å²) in [6.45, 7) is 5.29. The summed E-state index contributed by atoms with van der Waals surface area (Å²) >= 11 is 0. The van der Waals surface area contributed by atoms with Crippen LogP contribution in [0.4, 0.5) is 0 Å². The average Bonchev–Trinajstić information content (AvgIpc) is 2.59. The van der Waals surface area contributed by atoms with Gasteiger partial charge in [0.05, 0.1) is 12.0 Å². The number of hydrogen-bond acceptors (Lipinski definition) is 4. The van der Waals surface area contributed by atoms with Crippen molar-refractivity contribution < 1.29 is 24.2 Å². The summed E-state index contributed by atoms with van der Waals surface area (Å²) in [6.07, 6.45) is 0.0199. The maximum atomic E-state index is 12.6. The molecule has 1 amide bonds. The fourth-order valence-corrected chi connectivity index (χ4v) is 2.45. The fraction of sp³-hybridized carbons (Fsp3) is 0.286. The molecule has 0 saturated carbocycles. The van der Waals surface area contributed by atoms with Gasteiger partial charge in [0.1, 0.15) is 5.60 Å². The molecule has 27 heavy (non-hydrogen) atoms. The van der Waals surface area contributed by atoms with E-state index in [0.29, 0.717) is 11.1 Å². The van der Waals surface area contributed by atoms with E-state index in [9.17, 15) is 14.4 Å². The fourth-order valence-electron chi connectivity index (χ4n) is 2.45. The van der Waals surface area contributed by atoms with Gasteiger partial charge in [0.15, 0.2) is 6.04 Å². The van der Waals surface area contributed by atoms with Crippen LogP contribution in [0.2, 0.25) is 0 Å². The number of benzene rings is 2. The molecule has 0 saturated heterocycles. The predicted molar refractivity (Wildman–Crippen MR) is 100 cm³/mol. The van der Waals surface area contributed by atoms with Gasteiger partial charge in [0.2, 0.25) is 5.91 Å². The van der Waals surface area contributed by atoms with Gasteiger partial charge in [-0.2, -0.15) is 0 Å². The van der Waals surface area contributed by atoms with Crippen LogP contribution in [-0.2, 0) is 20.7 Å². The third kappa shape index (κ3) is 6.26. The summed E-state index contributed by atoms with van der Waals surface area (Å²) in [5.41, 5.74) is 0.742. The molecule has 2 N–H and O–H groups in total.